The van der Waals surface area contributed by atoms with Crippen molar-refractivity contribution in [2.24, 2.45) is 0 Å². The van der Waals surface area contributed by atoms with Crippen molar-refractivity contribution in [2.75, 3.05) is 14.1 Å². The van der Waals surface area contributed by atoms with Gasteiger partial charge in [0, 0.05) is 19.8 Å². The standard InChI is InChI=1S/C12H17NOS2/c1-8-5-10(6-9(2)11(8)14)7-16-12(15)13(3)4/h5-6,14H,7H2,1-4H3. The monoisotopic (exact) mass is 255 g/mol. The largest absolute Gasteiger partial charge is 0.507 e. The van der Waals surface area contributed by atoms with Crippen LogP contribution >= 0.6 is 24.0 Å². The molecule has 1 rings (SSSR count). The molecule has 0 atom stereocenters. The van der Waals surface area contributed by atoms with E-state index in [2.05, 4.69) is 0 Å². The molecule has 0 amide bonds. The summed E-state index contributed by atoms with van der Waals surface area (Å²) in [5, 5.41) is 9.66. The van der Waals surface area contributed by atoms with Crippen LogP contribution in [0.1, 0.15) is 16.7 Å². The van der Waals surface area contributed by atoms with Crippen molar-refractivity contribution in [2.45, 2.75) is 19.6 Å². The maximum absolute atomic E-state index is 9.66. The third-order valence-corrected chi connectivity index (χ3v) is 4.09. The first-order valence-electron chi connectivity index (χ1n) is 5.05. The zero-order chi connectivity index (χ0) is 12.3. The summed E-state index contributed by atoms with van der Waals surface area (Å²) in [5.74, 6) is 1.24. The van der Waals surface area contributed by atoms with E-state index in [0.29, 0.717) is 5.75 Å². The van der Waals surface area contributed by atoms with Gasteiger partial charge in [-0.15, -0.1) is 0 Å². The fraction of sp³-hybridized carbons (Fsp3) is 0.417. The van der Waals surface area contributed by atoms with Gasteiger partial charge in [0.1, 0.15) is 10.1 Å². The predicted octanol–water partition coefficient (Wildman–Crippen LogP) is 3.09. The quantitative estimate of drug-likeness (QED) is 0.820. The molecular weight excluding hydrogens is 238 g/mol. The van der Waals surface area contributed by atoms with E-state index in [0.717, 1.165) is 21.2 Å². The summed E-state index contributed by atoms with van der Waals surface area (Å²) in [6.45, 7) is 3.83. The highest BCUT2D eigenvalue weighted by molar-refractivity contribution is 8.22. The molecule has 0 unspecified atom stereocenters. The minimum atomic E-state index is 0.393. The minimum Gasteiger partial charge on any atom is -0.507 e. The molecule has 0 saturated heterocycles. The summed E-state index contributed by atoms with van der Waals surface area (Å²) in [6, 6.07) is 4.02. The first-order valence-corrected chi connectivity index (χ1v) is 6.44. The lowest BCUT2D eigenvalue weighted by atomic mass is 10.1. The molecule has 0 aliphatic carbocycles. The average Bonchev–Trinajstić information content (AvgIpc) is 2.22. The predicted molar refractivity (Wildman–Crippen MR) is 75.2 cm³/mol. The molecule has 16 heavy (non-hydrogen) atoms. The molecule has 0 aliphatic rings. The second-order valence-corrected chi connectivity index (χ2v) is 5.64. The molecule has 0 spiro atoms. The topological polar surface area (TPSA) is 23.5 Å². The van der Waals surface area contributed by atoms with Crippen molar-refractivity contribution >= 4 is 28.3 Å². The Hall–Kier alpha value is -0.740. The molecule has 1 aromatic rings. The number of phenolic OH excluding ortho intramolecular Hbond substituents is 1. The zero-order valence-electron chi connectivity index (χ0n) is 10.1. The fourth-order valence-corrected chi connectivity index (χ4v) is 2.29. The first kappa shape index (κ1) is 13.3. The van der Waals surface area contributed by atoms with Crippen LogP contribution in [0.2, 0.25) is 0 Å². The van der Waals surface area contributed by atoms with Crippen molar-refractivity contribution in [1.82, 2.24) is 4.90 Å². The molecule has 0 heterocycles. The Bertz CT molecular complexity index is 379. The number of hydrogen-bond donors (Lipinski definition) is 1. The highest BCUT2D eigenvalue weighted by Gasteiger charge is 2.05. The molecule has 0 aliphatic heterocycles. The Morgan fingerprint density at radius 1 is 1.31 bits per heavy atom. The molecule has 2 nitrogen and oxygen atoms in total. The van der Waals surface area contributed by atoms with Crippen molar-refractivity contribution in [1.29, 1.82) is 0 Å². The third kappa shape index (κ3) is 3.39. The van der Waals surface area contributed by atoms with Crippen LogP contribution in [0.4, 0.5) is 0 Å². The Labute approximate surface area is 107 Å². The van der Waals surface area contributed by atoms with Crippen molar-refractivity contribution < 1.29 is 5.11 Å². The van der Waals surface area contributed by atoms with Crippen LogP contribution < -0.4 is 0 Å². The highest BCUT2D eigenvalue weighted by atomic mass is 32.2. The van der Waals surface area contributed by atoms with Crippen molar-refractivity contribution in [3.8, 4) is 5.75 Å². The number of aryl methyl sites for hydroxylation is 2. The van der Waals surface area contributed by atoms with E-state index in [1.54, 1.807) is 11.8 Å². The molecule has 88 valence electrons. The maximum atomic E-state index is 9.66. The summed E-state index contributed by atoms with van der Waals surface area (Å²) < 4.78 is 0.878. The van der Waals surface area contributed by atoms with E-state index >= 15 is 0 Å². The minimum absolute atomic E-state index is 0.393. The van der Waals surface area contributed by atoms with Crippen LogP contribution in [0.25, 0.3) is 0 Å². The van der Waals surface area contributed by atoms with Gasteiger partial charge in [0.05, 0.1) is 0 Å². The van der Waals surface area contributed by atoms with Crippen LogP contribution in [-0.4, -0.2) is 28.4 Å². The molecule has 0 saturated carbocycles. The van der Waals surface area contributed by atoms with Gasteiger partial charge < -0.3 is 10.0 Å². The second kappa shape index (κ2) is 5.55. The number of phenols is 1. The van der Waals surface area contributed by atoms with Gasteiger partial charge in [-0.3, -0.25) is 0 Å². The second-order valence-electron chi connectivity index (χ2n) is 4.03. The van der Waals surface area contributed by atoms with Gasteiger partial charge in [0.25, 0.3) is 0 Å². The zero-order valence-corrected chi connectivity index (χ0v) is 11.7. The van der Waals surface area contributed by atoms with Gasteiger partial charge in [-0.25, -0.2) is 0 Å². The van der Waals surface area contributed by atoms with Crippen LogP contribution in [0.5, 0.6) is 5.75 Å². The average molecular weight is 255 g/mol. The van der Waals surface area contributed by atoms with E-state index in [1.165, 1.54) is 5.56 Å². The van der Waals surface area contributed by atoms with E-state index in [9.17, 15) is 5.11 Å². The number of aromatic hydroxyl groups is 1. The van der Waals surface area contributed by atoms with Crippen molar-refractivity contribution in [3.05, 3.63) is 28.8 Å². The van der Waals surface area contributed by atoms with E-state index in [-0.39, 0.29) is 0 Å². The van der Waals surface area contributed by atoms with Crippen LogP contribution in [0, 0.1) is 13.8 Å². The lowest BCUT2D eigenvalue weighted by Gasteiger charge is -2.13. The maximum Gasteiger partial charge on any atom is 0.136 e. The molecule has 1 N–H and O–H groups in total. The van der Waals surface area contributed by atoms with Gasteiger partial charge in [0.2, 0.25) is 0 Å². The summed E-state index contributed by atoms with van der Waals surface area (Å²) in [5.41, 5.74) is 3.04. The van der Waals surface area contributed by atoms with Crippen LogP contribution in [0.3, 0.4) is 0 Å². The molecule has 1 aromatic carbocycles. The van der Waals surface area contributed by atoms with Crippen LogP contribution in [0.15, 0.2) is 12.1 Å². The number of benzene rings is 1. The van der Waals surface area contributed by atoms with Gasteiger partial charge in [0.15, 0.2) is 0 Å². The fourth-order valence-electron chi connectivity index (χ4n) is 1.40. The summed E-state index contributed by atoms with van der Waals surface area (Å²) in [7, 11) is 3.89. The SMILES string of the molecule is Cc1cc(CSC(=S)N(C)C)cc(C)c1O. The number of nitrogens with zero attached hydrogens (tertiary/aromatic N) is 1. The molecule has 0 bridgehead atoms. The van der Waals surface area contributed by atoms with E-state index in [4.69, 9.17) is 12.2 Å². The van der Waals surface area contributed by atoms with Gasteiger partial charge in [-0.05, 0) is 30.5 Å². The smallest absolute Gasteiger partial charge is 0.136 e. The lowest BCUT2D eigenvalue weighted by Crippen LogP contribution is -2.16. The van der Waals surface area contributed by atoms with Gasteiger partial charge in [-0.2, -0.15) is 0 Å². The molecule has 0 aromatic heterocycles. The Morgan fingerprint density at radius 3 is 2.25 bits per heavy atom. The molecule has 0 fully saturated rings. The van der Waals surface area contributed by atoms with E-state index < -0.39 is 0 Å². The summed E-state index contributed by atoms with van der Waals surface area (Å²) >= 11 is 6.84. The first-order chi connectivity index (χ1) is 7.41. The number of hydrogen-bond acceptors (Lipinski definition) is 3. The summed E-state index contributed by atoms with van der Waals surface area (Å²) in [6.07, 6.45) is 0. The van der Waals surface area contributed by atoms with Gasteiger partial charge >= 0.3 is 0 Å². The highest BCUT2D eigenvalue weighted by Crippen LogP contribution is 2.25. The number of rotatable bonds is 2. The molecule has 0 radical (unpaired) electrons. The normalized spacial score (nSPS) is 10.2. The van der Waals surface area contributed by atoms with E-state index in [1.807, 2.05) is 45.0 Å². The Kier molecular flexibility index (Phi) is 4.62. The van der Waals surface area contributed by atoms with Gasteiger partial charge in [-0.1, -0.05) is 36.1 Å². The Balaban J connectivity index is 2.72. The summed E-state index contributed by atoms with van der Waals surface area (Å²) in [4.78, 5) is 1.93. The molecular formula is C12H17NOS2. The molecule has 4 heteroatoms. The van der Waals surface area contributed by atoms with Crippen LogP contribution in [-0.2, 0) is 5.75 Å². The van der Waals surface area contributed by atoms with Crippen molar-refractivity contribution in [3.63, 3.8) is 0 Å². The lowest BCUT2D eigenvalue weighted by molar-refractivity contribution is 0.466. The third-order valence-electron chi connectivity index (χ3n) is 2.28. The Morgan fingerprint density at radius 2 is 1.81 bits per heavy atom. The number of thiocarbonyl (C=S) groups is 1. The number of thioether (sulfide) groups is 1.